The van der Waals surface area contributed by atoms with Crippen LogP contribution in [-0.4, -0.2) is 31.6 Å². The van der Waals surface area contributed by atoms with Gasteiger partial charge in [-0.25, -0.2) is 0 Å². The van der Waals surface area contributed by atoms with E-state index in [4.69, 9.17) is 9.47 Å². The molecule has 30 heavy (non-hydrogen) atoms. The Labute approximate surface area is 177 Å². The molecule has 0 saturated carbocycles. The highest BCUT2D eigenvalue weighted by molar-refractivity contribution is 5.97. The van der Waals surface area contributed by atoms with Crippen molar-refractivity contribution in [3.05, 3.63) is 53.6 Å². The Balaban J connectivity index is 1.49. The molecule has 0 aliphatic carbocycles. The lowest BCUT2D eigenvalue weighted by Gasteiger charge is -2.27. The maximum absolute atomic E-state index is 12.9. The van der Waals surface area contributed by atoms with Gasteiger partial charge in [0.1, 0.15) is 13.2 Å². The molecular weight excluding hydrogens is 380 g/mol. The minimum absolute atomic E-state index is 0.139. The average Bonchev–Trinajstić information content (AvgIpc) is 2.77. The fourth-order valence-corrected chi connectivity index (χ4v) is 3.98. The molecule has 2 amide bonds. The van der Waals surface area contributed by atoms with Crippen molar-refractivity contribution in [3.8, 4) is 11.5 Å². The number of ether oxygens (including phenoxy) is 2. The van der Waals surface area contributed by atoms with Gasteiger partial charge in [-0.1, -0.05) is 19.9 Å². The maximum Gasteiger partial charge on any atom is 0.251 e. The van der Waals surface area contributed by atoms with E-state index >= 15 is 0 Å². The number of nitrogens with one attached hydrogen (secondary N) is 1. The molecule has 2 aliphatic heterocycles. The Morgan fingerprint density at radius 3 is 2.43 bits per heavy atom. The first-order valence-corrected chi connectivity index (χ1v) is 10.6. The van der Waals surface area contributed by atoms with Crippen LogP contribution < -0.4 is 19.7 Å². The highest BCUT2D eigenvalue weighted by atomic mass is 16.6. The van der Waals surface area contributed by atoms with Crippen LogP contribution >= 0.6 is 0 Å². The van der Waals surface area contributed by atoms with Crippen LogP contribution in [0.4, 0.5) is 5.69 Å². The molecule has 0 spiro atoms. The van der Waals surface area contributed by atoms with Crippen LogP contribution in [0.2, 0.25) is 0 Å². The second-order valence-electron chi connectivity index (χ2n) is 8.15. The van der Waals surface area contributed by atoms with Gasteiger partial charge in [0.2, 0.25) is 5.91 Å². The predicted octanol–water partition coefficient (Wildman–Crippen LogP) is 4.10. The summed E-state index contributed by atoms with van der Waals surface area (Å²) in [4.78, 5) is 26.8. The normalized spacial score (nSPS) is 17.0. The first-order chi connectivity index (χ1) is 14.5. The molecule has 158 valence electrons. The first-order valence-electron chi connectivity index (χ1n) is 10.6. The van der Waals surface area contributed by atoms with Gasteiger partial charge in [-0.2, -0.15) is 0 Å². The summed E-state index contributed by atoms with van der Waals surface area (Å²) in [5.41, 5.74) is 2.41. The van der Waals surface area contributed by atoms with Crippen LogP contribution in [-0.2, 0) is 4.79 Å². The van der Waals surface area contributed by atoms with E-state index in [0.717, 1.165) is 36.4 Å². The minimum atomic E-state index is -0.156. The lowest BCUT2D eigenvalue weighted by molar-refractivity contribution is -0.119. The lowest BCUT2D eigenvalue weighted by atomic mass is 9.95. The van der Waals surface area contributed by atoms with Crippen molar-refractivity contribution in [2.75, 3.05) is 24.7 Å². The Morgan fingerprint density at radius 1 is 1.00 bits per heavy atom. The van der Waals surface area contributed by atoms with E-state index in [1.165, 1.54) is 0 Å². The van der Waals surface area contributed by atoms with Crippen molar-refractivity contribution >= 4 is 17.5 Å². The topological polar surface area (TPSA) is 67.9 Å². The molecule has 4 rings (SSSR count). The number of nitrogens with zero attached hydrogens (tertiary/aromatic N) is 1. The van der Waals surface area contributed by atoms with Crippen LogP contribution in [0.25, 0.3) is 0 Å². The van der Waals surface area contributed by atoms with E-state index in [1.54, 1.807) is 17.0 Å². The molecule has 0 radical (unpaired) electrons. The zero-order valence-electron chi connectivity index (χ0n) is 17.5. The number of hydrogen-bond acceptors (Lipinski definition) is 4. The van der Waals surface area contributed by atoms with E-state index in [2.05, 4.69) is 19.2 Å². The number of piperidine rings is 1. The molecule has 2 aliphatic rings. The van der Waals surface area contributed by atoms with Crippen molar-refractivity contribution in [2.24, 2.45) is 5.92 Å². The molecule has 1 atom stereocenters. The first kappa shape index (κ1) is 20.3. The van der Waals surface area contributed by atoms with E-state index in [9.17, 15) is 9.59 Å². The second-order valence-corrected chi connectivity index (χ2v) is 8.15. The van der Waals surface area contributed by atoms with Gasteiger partial charge in [0, 0.05) is 24.2 Å². The number of hydrogen-bond donors (Lipinski definition) is 1. The average molecular weight is 408 g/mol. The van der Waals surface area contributed by atoms with Crippen molar-refractivity contribution < 1.29 is 19.1 Å². The Bertz CT molecular complexity index is 923. The van der Waals surface area contributed by atoms with Crippen LogP contribution in [0.15, 0.2) is 42.5 Å². The van der Waals surface area contributed by atoms with Gasteiger partial charge in [0.05, 0.1) is 6.04 Å². The molecule has 2 aromatic rings. The predicted molar refractivity (Wildman–Crippen MR) is 115 cm³/mol. The van der Waals surface area contributed by atoms with Crippen molar-refractivity contribution in [1.82, 2.24) is 5.32 Å². The maximum atomic E-state index is 12.9. The van der Waals surface area contributed by atoms with E-state index in [0.29, 0.717) is 30.9 Å². The van der Waals surface area contributed by atoms with Gasteiger partial charge >= 0.3 is 0 Å². The van der Waals surface area contributed by atoms with Crippen LogP contribution in [0.1, 0.15) is 55.1 Å². The van der Waals surface area contributed by atoms with E-state index < -0.39 is 0 Å². The molecule has 2 heterocycles. The highest BCUT2D eigenvalue weighted by Crippen LogP contribution is 2.34. The van der Waals surface area contributed by atoms with Gasteiger partial charge in [-0.3, -0.25) is 9.59 Å². The van der Waals surface area contributed by atoms with Crippen molar-refractivity contribution in [1.29, 1.82) is 0 Å². The molecule has 6 heteroatoms. The second kappa shape index (κ2) is 8.78. The molecule has 1 N–H and O–H groups in total. The Hall–Kier alpha value is -3.02. The fraction of sp³-hybridized carbons (Fsp3) is 0.417. The fourth-order valence-electron chi connectivity index (χ4n) is 3.98. The Kier molecular flexibility index (Phi) is 5.93. The number of anilines is 1. The molecule has 0 aromatic heterocycles. The lowest BCUT2D eigenvalue weighted by Crippen LogP contribution is -2.35. The molecule has 2 aromatic carbocycles. The Morgan fingerprint density at radius 2 is 1.73 bits per heavy atom. The number of amides is 2. The monoisotopic (exact) mass is 408 g/mol. The largest absolute Gasteiger partial charge is 0.486 e. The van der Waals surface area contributed by atoms with Crippen molar-refractivity contribution in [2.45, 2.75) is 39.2 Å². The smallest absolute Gasteiger partial charge is 0.251 e. The number of benzene rings is 2. The third-order valence-electron chi connectivity index (χ3n) is 5.64. The molecule has 0 bridgehead atoms. The summed E-state index contributed by atoms with van der Waals surface area (Å²) < 4.78 is 11.3. The SMILES string of the molecule is CC(C)C(NC(=O)c1ccc(N2CCCCC2=O)cc1)c1ccc2c(c1)OCCO2. The van der Waals surface area contributed by atoms with Crippen LogP contribution in [0.3, 0.4) is 0 Å². The number of rotatable bonds is 5. The molecule has 6 nitrogen and oxygen atoms in total. The number of fused-ring (bicyclic) bond motifs is 1. The molecule has 1 unspecified atom stereocenters. The zero-order valence-corrected chi connectivity index (χ0v) is 17.5. The van der Waals surface area contributed by atoms with Gasteiger partial charge in [0.25, 0.3) is 5.91 Å². The molecule has 1 saturated heterocycles. The van der Waals surface area contributed by atoms with Crippen LogP contribution in [0.5, 0.6) is 11.5 Å². The summed E-state index contributed by atoms with van der Waals surface area (Å²) in [7, 11) is 0. The molecule has 1 fully saturated rings. The zero-order chi connectivity index (χ0) is 21.1. The number of carbonyl (C=O) groups excluding carboxylic acids is 2. The summed E-state index contributed by atoms with van der Waals surface area (Å²) in [6, 6.07) is 12.9. The third kappa shape index (κ3) is 4.27. The van der Waals surface area contributed by atoms with Gasteiger partial charge < -0.3 is 19.7 Å². The summed E-state index contributed by atoms with van der Waals surface area (Å²) in [6.07, 6.45) is 2.56. The van der Waals surface area contributed by atoms with Gasteiger partial charge in [-0.15, -0.1) is 0 Å². The molecular formula is C24H28N2O4. The summed E-state index contributed by atoms with van der Waals surface area (Å²) in [5.74, 6) is 1.66. The quantitative estimate of drug-likeness (QED) is 0.809. The van der Waals surface area contributed by atoms with Gasteiger partial charge in [-0.05, 0) is 60.7 Å². The minimum Gasteiger partial charge on any atom is -0.486 e. The van der Waals surface area contributed by atoms with E-state index in [-0.39, 0.29) is 23.8 Å². The van der Waals surface area contributed by atoms with Crippen molar-refractivity contribution in [3.63, 3.8) is 0 Å². The summed E-state index contributed by atoms with van der Waals surface area (Å²) >= 11 is 0. The summed E-state index contributed by atoms with van der Waals surface area (Å²) in [5, 5.41) is 3.15. The third-order valence-corrected chi connectivity index (χ3v) is 5.64. The summed E-state index contributed by atoms with van der Waals surface area (Å²) in [6.45, 7) is 5.97. The van der Waals surface area contributed by atoms with E-state index in [1.807, 2.05) is 30.3 Å². The van der Waals surface area contributed by atoms with Gasteiger partial charge in [0.15, 0.2) is 11.5 Å². The highest BCUT2D eigenvalue weighted by Gasteiger charge is 2.23. The van der Waals surface area contributed by atoms with Crippen LogP contribution in [0, 0.1) is 5.92 Å². The number of carbonyl (C=O) groups is 2. The standard InChI is InChI=1S/C24H28N2O4/c1-16(2)23(18-8-11-20-21(15-18)30-14-13-29-20)25-24(28)17-6-9-19(10-7-17)26-12-4-3-5-22(26)27/h6-11,15-16,23H,3-5,12-14H2,1-2H3,(H,25,28).